The Hall–Kier alpha value is -2.08. The molecule has 0 bridgehead atoms. The highest BCUT2D eigenvalue weighted by molar-refractivity contribution is 6.30. The lowest BCUT2D eigenvalue weighted by atomic mass is 10.2. The van der Waals surface area contributed by atoms with E-state index in [2.05, 4.69) is 17.4 Å². The number of benzene rings is 2. The molecule has 0 spiro atoms. The van der Waals surface area contributed by atoms with Crippen LogP contribution in [0.4, 0.5) is 5.69 Å². The Kier molecular flexibility index (Phi) is 6.72. The van der Waals surface area contributed by atoms with Gasteiger partial charge in [-0.15, -0.1) is 0 Å². The van der Waals surface area contributed by atoms with Gasteiger partial charge in [-0.1, -0.05) is 29.8 Å². The van der Waals surface area contributed by atoms with E-state index in [1.807, 2.05) is 37.3 Å². The number of carbonyl (C=O) groups excluding carboxylic acids is 1. The molecular formula is C21H28ClN3O2+2. The molecule has 1 fully saturated rings. The van der Waals surface area contributed by atoms with Crippen molar-refractivity contribution in [2.45, 2.75) is 13.5 Å². The van der Waals surface area contributed by atoms with Crippen LogP contribution in [-0.4, -0.2) is 45.7 Å². The van der Waals surface area contributed by atoms with E-state index in [0.29, 0.717) is 12.3 Å². The zero-order valence-corrected chi connectivity index (χ0v) is 16.7. The number of anilines is 1. The summed E-state index contributed by atoms with van der Waals surface area (Å²) in [5.74, 6) is 0.733. The van der Waals surface area contributed by atoms with Gasteiger partial charge in [-0.25, -0.2) is 0 Å². The number of hydrogen-bond donors (Lipinski definition) is 3. The second kappa shape index (κ2) is 9.22. The molecule has 144 valence electrons. The number of rotatable bonds is 6. The van der Waals surface area contributed by atoms with Gasteiger partial charge in [0.25, 0.3) is 5.91 Å². The van der Waals surface area contributed by atoms with Crippen molar-refractivity contribution in [3.8, 4) is 5.75 Å². The third kappa shape index (κ3) is 5.70. The van der Waals surface area contributed by atoms with Crippen LogP contribution in [0.5, 0.6) is 5.75 Å². The highest BCUT2D eigenvalue weighted by Crippen LogP contribution is 2.24. The number of ether oxygens (including phenoxy) is 1. The topological polar surface area (TPSA) is 47.2 Å². The summed E-state index contributed by atoms with van der Waals surface area (Å²) < 4.78 is 5.34. The molecule has 0 aliphatic carbocycles. The van der Waals surface area contributed by atoms with E-state index in [9.17, 15) is 4.79 Å². The zero-order chi connectivity index (χ0) is 19.2. The van der Waals surface area contributed by atoms with Crippen LogP contribution in [0.3, 0.4) is 0 Å². The summed E-state index contributed by atoms with van der Waals surface area (Å²) >= 11 is 5.95. The van der Waals surface area contributed by atoms with Gasteiger partial charge in [0, 0.05) is 10.6 Å². The first-order chi connectivity index (χ1) is 13.0. The van der Waals surface area contributed by atoms with Crippen LogP contribution in [0.25, 0.3) is 0 Å². The Bertz CT molecular complexity index is 771. The van der Waals surface area contributed by atoms with E-state index in [1.54, 1.807) is 12.0 Å². The summed E-state index contributed by atoms with van der Waals surface area (Å²) in [6.07, 6.45) is 0. The summed E-state index contributed by atoms with van der Waals surface area (Å²) in [4.78, 5) is 15.3. The number of piperazine rings is 1. The van der Waals surface area contributed by atoms with E-state index >= 15 is 0 Å². The lowest BCUT2D eigenvalue weighted by Crippen LogP contribution is -3.28. The van der Waals surface area contributed by atoms with Gasteiger partial charge in [0.05, 0.1) is 12.8 Å². The fourth-order valence-corrected chi connectivity index (χ4v) is 3.67. The first kappa shape index (κ1) is 19.7. The second-order valence-corrected chi connectivity index (χ2v) is 7.67. The van der Waals surface area contributed by atoms with Crippen molar-refractivity contribution in [1.29, 1.82) is 0 Å². The number of carbonyl (C=O) groups is 1. The summed E-state index contributed by atoms with van der Waals surface area (Å²) in [6, 6.07) is 13.9. The van der Waals surface area contributed by atoms with E-state index < -0.39 is 0 Å². The van der Waals surface area contributed by atoms with E-state index in [1.165, 1.54) is 10.5 Å². The predicted molar refractivity (Wildman–Crippen MR) is 108 cm³/mol. The molecule has 3 rings (SSSR count). The molecule has 1 aliphatic heterocycles. The smallest absolute Gasteiger partial charge is 0.279 e. The number of hydrogen-bond acceptors (Lipinski definition) is 2. The van der Waals surface area contributed by atoms with Gasteiger partial charge < -0.3 is 19.9 Å². The predicted octanol–water partition coefficient (Wildman–Crippen LogP) is 0.579. The van der Waals surface area contributed by atoms with Crippen LogP contribution in [-0.2, 0) is 11.3 Å². The van der Waals surface area contributed by atoms with Crippen LogP contribution < -0.4 is 19.9 Å². The standard InChI is InChI=1S/C21H26ClN3O2/c1-16-3-8-20(27-2)19(13-16)23-21(26)15-25-11-9-24(10-12-25)14-17-4-6-18(22)7-5-17/h3-8,13H,9-12,14-15H2,1-2H3,(H,23,26)/p+2. The summed E-state index contributed by atoms with van der Waals surface area (Å²) in [5.41, 5.74) is 3.15. The van der Waals surface area contributed by atoms with Crippen molar-refractivity contribution in [3.63, 3.8) is 0 Å². The molecule has 6 heteroatoms. The number of nitrogens with one attached hydrogen (secondary N) is 3. The Morgan fingerprint density at radius 3 is 2.41 bits per heavy atom. The van der Waals surface area contributed by atoms with Gasteiger partial charge in [0.2, 0.25) is 0 Å². The molecule has 1 amide bonds. The average Bonchev–Trinajstić information content (AvgIpc) is 2.65. The first-order valence-corrected chi connectivity index (χ1v) is 9.77. The lowest BCUT2D eigenvalue weighted by molar-refractivity contribution is -1.02. The van der Waals surface area contributed by atoms with E-state index in [0.717, 1.165) is 49.0 Å². The molecule has 0 unspecified atom stereocenters. The zero-order valence-electron chi connectivity index (χ0n) is 16.0. The molecule has 0 saturated carbocycles. The van der Waals surface area contributed by atoms with Crippen molar-refractivity contribution in [2.75, 3.05) is 45.2 Å². The maximum atomic E-state index is 12.5. The minimum absolute atomic E-state index is 0.0371. The molecule has 0 aromatic heterocycles. The fraction of sp³-hybridized carbons (Fsp3) is 0.381. The molecule has 1 saturated heterocycles. The van der Waals surface area contributed by atoms with Crippen molar-refractivity contribution >= 4 is 23.2 Å². The minimum atomic E-state index is 0.0371. The minimum Gasteiger partial charge on any atom is -0.495 e. The maximum Gasteiger partial charge on any atom is 0.279 e. The van der Waals surface area contributed by atoms with Crippen molar-refractivity contribution in [1.82, 2.24) is 0 Å². The van der Waals surface area contributed by atoms with Crippen molar-refractivity contribution < 1.29 is 19.3 Å². The van der Waals surface area contributed by atoms with Gasteiger partial charge in [-0.3, -0.25) is 4.79 Å². The van der Waals surface area contributed by atoms with E-state index in [-0.39, 0.29) is 5.91 Å². The average molecular weight is 390 g/mol. The molecule has 27 heavy (non-hydrogen) atoms. The van der Waals surface area contributed by atoms with Crippen LogP contribution in [0.2, 0.25) is 5.02 Å². The van der Waals surface area contributed by atoms with Crippen LogP contribution in [0.1, 0.15) is 11.1 Å². The normalized spacial score (nSPS) is 19.5. The molecule has 2 aromatic carbocycles. The summed E-state index contributed by atoms with van der Waals surface area (Å²) in [5, 5.41) is 3.78. The molecule has 5 nitrogen and oxygen atoms in total. The fourth-order valence-electron chi connectivity index (χ4n) is 3.54. The second-order valence-electron chi connectivity index (χ2n) is 7.23. The largest absolute Gasteiger partial charge is 0.495 e. The molecular weight excluding hydrogens is 362 g/mol. The Morgan fingerprint density at radius 1 is 1.07 bits per heavy atom. The maximum absolute atomic E-state index is 12.5. The molecule has 0 atom stereocenters. The highest BCUT2D eigenvalue weighted by atomic mass is 35.5. The SMILES string of the molecule is COc1ccc(C)cc1NC(=O)C[NH+]1CC[NH+](Cc2ccc(Cl)cc2)CC1. The lowest BCUT2D eigenvalue weighted by Gasteiger charge is -2.29. The monoisotopic (exact) mass is 389 g/mol. The van der Waals surface area contributed by atoms with E-state index in [4.69, 9.17) is 16.3 Å². The summed E-state index contributed by atoms with van der Waals surface area (Å²) in [6.45, 7) is 7.64. The van der Waals surface area contributed by atoms with Crippen LogP contribution in [0.15, 0.2) is 42.5 Å². The Balaban J connectivity index is 1.47. The number of methoxy groups -OCH3 is 1. The summed E-state index contributed by atoms with van der Waals surface area (Å²) in [7, 11) is 1.62. The Labute approximate surface area is 165 Å². The first-order valence-electron chi connectivity index (χ1n) is 9.39. The number of halogens is 1. The quantitative estimate of drug-likeness (QED) is 0.677. The van der Waals surface area contributed by atoms with Gasteiger partial charge in [0.1, 0.15) is 38.5 Å². The molecule has 3 N–H and O–H groups in total. The van der Waals surface area contributed by atoms with Crippen molar-refractivity contribution in [2.24, 2.45) is 0 Å². The number of aryl methyl sites for hydroxylation is 1. The van der Waals surface area contributed by atoms with Crippen molar-refractivity contribution in [3.05, 3.63) is 58.6 Å². The van der Waals surface area contributed by atoms with Crippen LogP contribution >= 0.6 is 11.6 Å². The van der Waals surface area contributed by atoms with Gasteiger partial charge in [-0.05, 0) is 36.8 Å². The molecule has 1 heterocycles. The third-order valence-corrected chi connectivity index (χ3v) is 5.32. The number of amides is 1. The highest BCUT2D eigenvalue weighted by Gasteiger charge is 2.25. The Morgan fingerprint density at radius 2 is 1.74 bits per heavy atom. The van der Waals surface area contributed by atoms with Gasteiger partial charge in [-0.2, -0.15) is 0 Å². The number of quaternary nitrogens is 2. The van der Waals surface area contributed by atoms with Gasteiger partial charge >= 0.3 is 0 Å². The van der Waals surface area contributed by atoms with Gasteiger partial charge in [0.15, 0.2) is 6.54 Å². The third-order valence-electron chi connectivity index (χ3n) is 5.07. The molecule has 2 aromatic rings. The molecule has 1 aliphatic rings. The molecule has 0 radical (unpaired) electrons. The van der Waals surface area contributed by atoms with Crippen LogP contribution in [0, 0.1) is 6.92 Å².